The van der Waals surface area contributed by atoms with Crippen LogP contribution in [-0.4, -0.2) is 35.6 Å². The number of carbonyl (C=O) groups excluding carboxylic acids is 1. The molecule has 0 bridgehead atoms. The maximum atomic E-state index is 11.8. The third kappa shape index (κ3) is 4.42. The van der Waals surface area contributed by atoms with Crippen LogP contribution in [0, 0.1) is 0 Å². The molecular weight excluding hydrogens is 292 g/mol. The molecule has 1 amide bonds. The quantitative estimate of drug-likeness (QED) is 0.818. The molecule has 1 aromatic heterocycles. The molecular formula is C17H20N4O2. The Hall–Kier alpha value is -2.63. The molecule has 2 N–H and O–H groups in total. The van der Waals surface area contributed by atoms with Crippen molar-refractivity contribution in [3.05, 3.63) is 47.9 Å². The highest BCUT2D eigenvalue weighted by atomic mass is 16.5. The topological polar surface area (TPSA) is 76.1 Å². The standard InChI is InChI=1S/C17H20N4O2/c1-23-14-4-2-3-12(9-14)7-8-18-16-11-19-15(10-20-16)17(22)21-13-5-6-13/h2-4,9-11,13H,5-8H2,1H3,(H,18,20)(H,21,22). The summed E-state index contributed by atoms with van der Waals surface area (Å²) in [5.41, 5.74) is 1.54. The van der Waals surface area contributed by atoms with Gasteiger partial charge < -0.3 is 15.4 Å². The molecule has 0 radical (unpaired) electrons. The van der Waals surface area contributed by atoms with Crippen molar-refractivity contribution in [2.75, 3.05) is 19.0 Å². The summed E-state index contributed by atoms with van der Waals surface area (Å²) in [6.45, 7) is 0.732. The van der Waals surface area contributed by atoms with E-state index in [1.54, 1.807) is 13.3 Å². The van der Waals surface area contributed by atoms with Crippen LogP contribution in [0.3, 0.4) is 0 Å². The van der Waals surface area contributed by atoms with Gasteiger partial charge in [0.1, 0.15) is 17.3 Å². The van der Waals surface area contributed by atoms with Gasteiger partial charge in [-0.05, 0) is 37.0 Å². The Balaban J connectivity index is 1.49. The van der Waals surface area contributed by atoms with Crippen molar-refractivity contribution in [3.63, 3.8) is 0 Å². The number of benzene rings is 1. The van der Waals surface area contributed by atoms with E-state index in [4.69, 9.17) is 4.74 Å². The summed E-state index contributed by atoms with van der Waals surface area (Å²) in [6.07, 6.45) is 6.06. The van der Waals surface area contributed by atoms with Crippen LogP contribution in [0.25, 0.3) is 0 Å². The molecule has 1 aliphatic carbocycles. The van der Waals surface area contributed by atoms with Gasteiger partial charge in [-0.15, -0.1) is 0 Å². The van der Waals surface area contributed by atoms with E-state index in [0.717, 1.165) is 31.6 Å². The average Bonchev–Trinajstić information content (AvgIpc) is 3.39. The molecule has 0 unspecified atom stereocenters. The molecule has 0 atom stereocenters. The van der Waals surface area contributed by atoms with Crippen LogP contribution >= 0.6 is 0 Å². The van der Waals surface area contributed by atoms with Gasteiger partial charge in [0.05, 0.1) is 19.5 Å². The van der Waals surface area contributed by atoms with Crippen molar-refractivity contribution < 1.29 is 9.53 Å². The highest BCUT2D eigenvalue weighted by molar-refractivity contribution is 5.92. The highest BCUT2D eigenvalue weighted by Crippen LogP contribution is 2.19. The van der Waals surface area contributed by atoms with Crippen molar-refractivity contribution >= 4 is 11.7 Å². The molecule has 1 aromatic carbocycles. The number of hydrogen-bond acceptors (Lipinski definition) is 5. The molecule has 3 rings (SSSR count). The second-order valence-electron chi connectivity index (χ2n) is 5.56. The molecule has 6 heteroatoms. The maximum absolute atomic E-state index is 11.8. The largest absolute Gasteiger partial charge is 0.497 e. The number of carbonyl (C=O) groups is 1. The van der Waals surface area contributed by atoms with Gasteiger partial charge in [-0.1, -0.05) is 12.1 Å². The predicted molar refractivity (Wildman–Crippen MR) is 87.7 cm³/mol. The van der Waals surface area contributed by atoms with Gasteiger partial charge in [-0.2, -0.15) is 0 Å². The number of ether oxygens (including phenoxy) is 1. The van der Waals surface area contributed by atoms with Crippen LogP contribution < -0.4 is 15.4 Å². The van der Waals surface area contributed by atoms with E-state index in [-0.39, 0.29) is 5.91 Å². The molecule has 2 aromatic rings. The minimum absolute atomic E-state index is 0.150. The summed E-state index contributed by atoms with van der Waals surface area (Å²) in [7, 11) is 1.66. The highest BCUT2D eigenvalue weighted by Gasteiger charge is 2.24. The van der Waals surface area contributed by atoms with E-state index >= 15 is 0 Å². The molecule has 0 spiro atoms. The molecule has 23 heavy (non-hydrogen) atoms. The Morgan fingerprint density at radius 3 is 2.87 bits per heavy atom. The van der Waals surface area contributed by atoms with Crippen LogP contribution in [0.2, 0.25) is 0 Å². The Morgan fingerprint density at radius 1 is 1.30 bits per heavy atom. The van der Waals surface area contributed by atoms with E-state index in [1.165, 1.54) is 11.8 Å². The Bertz CT molecular complexity index is 669. The lowest BCUT2D eigenvalue weighted by molar-refractivity contribution is 0.0945. The Kier molecular flexibility index (Phi) is 4.71. The van der Waals surface area contributed by atoms with E-state index in [0.29, 0.717) is 17.6 Å². The number of rotatable bonds is 7. The predicted octanol–water partition coefficient (Wildman–Crippen LogP) is 2.03. The van der Waals surface area contributed by atoms with Gasteiger partial charge in [-0.25, -0.2) is 9.97 Å². The summed E-state index contributed by atoms with van der Waals surface area (Å²) in [5.74, 6) is 1.37. The van der Waals surface area contributed by atoms with E-state index in [9.17, 15) is 4.79 Å². The first-order valence-electron chi connectivity index (χ1n) is 7.74. The number of hydrogen-bond donors (Lipinski definition) is 2. The van der Waals surface area contributed by atoms with Gasteiger partial charge >= 0.3 is 0 Å². The van der Waals surface area contributed by atoms with Crippen LogP contribution in [0.4, 0.5) is 5.82 Å². The molecule has 1 aliphatic rings. The van der Waals surface area contributed by atoms with Crippen LogP contribution in [0.1, 0.15) is 28.9 Å². The third-order valence-electron chi connectivity index (χ3n) is 3.65. The lowest BCUT2D eigenvalue weighted by Gasteiger charge is -2.07. The first-order chi connectivity index (χ1) is 11.2. The van der Waals surface area contributed by atoms with E-state index < -0.39 is 0 Å². The minimum atomic E-state index is -0.150. The van der Waals surface area contributed by atoms with Crippen molar-refractivity contribution in [2.45, 2.75) is 25.3 Å². The Morgan fingerprint density at radius 2 is 2.17 bits per heavy atom. The lowest BCUT2D eigenvalue weighted by atomic mass is 10.1. The number of anilines is 1. The van der Waals surface area contributed by atoms with Crippen molar-refractivity contribution in [1.82, 2.24) is 15.3 Å². The minimum Gasteiger partial charge on any atom is -0.497 e. The number of methoxy groups -OCH3 is 1. The molecule has 1 saturated carbocycles. The lowest BCUT2D eigenvalue weighted by Crippen LogP contribution is -2.26. The summed E-state index contributed by atoms with van der Waals surface area (Å²) < 4.78 is 5.21. The van der Waals surface area contributed by atoms with Crippen molar-refractivity contribution in [2.24, 2.45) is 0 Å². The Labute approximate surface area is 135 Å². The molecule has 1 heterocycles. The fourth-order valence-corrected chi connectivity index (χ4v) is 2.19. The molecule has 0 saturated heterocycles. The van der Waals surface area contributed by atoms with Gasteiger partial charge in [0.2, 0.25) is 0 Å². The van der Waals surface area contributed by atoms with Gasteiger partial charge in [0, 0.05) is 12.6 Å². The summed E-state index contributed by atoms with van der Waals surface area (Å²) in [5, 5.41) is 6.10. The van der Waals surface area contributed by atoms with Crippen LogP contribution in [0.5, 0.6) is 5.75 Å². The van der Waals surface area contributed by atoms with Gasteiger partial charge in [0.25, 0.3) is 5.91 Å². The average molecular weight is 312 g/mol. The summed E-state index contributed by atoms with van der Waals surface area (Å²) >= 11 is 0. The summed E-state index contributed by atoms with van der Waals surface area (Å²) in [6, 6.07) is 8.29. The van der Waals surface area contributed by atoms with Gasteiger partial charge in [-0.3, -0.25) is 4.79 Å². The molecule has 0 aliphatic heterocycles. The van der Waals surface area contributed by atoms with Gasteiger partial charge in [0.15, 0.2) is 0 Å². The third-order valence-corrected chi connectivity index (χ3v) is 3.65. The van der Waals surface area contributed by atoms with Crippen molar-refractivity contribution in [3.8, 4) is 5.75 Å². The summed E-state index contributed by atoms with van der Waals surface area (Å²) in [4.78, 5) is 20.2. The number of nitrogens with zero attached hydrogens (tertiary/aromatic N) is 2. The zero-order valence-electron chi connectivity index (χ0n) is 13.1. The first kappa shape index (κ1) is 15.3. The zero-order chi connectivity index (χ0) is 16.1. The fraction of sp³-hybridized carbons (Fsp3) is 0.353. The fourth-order valence-electron chi connectivity index (χ4n) is 2.19. The number of nitrogens with one attached hydrogen (secondary N) is 2. The van der Waals surface area contributed by atoms with Crippen molar-refractivity contribution in [1.29, 1.82) is 0 Å². The second-order valence-corrected chi connectivity index (χ2v) is 5.56. The monoisotopic (exact) mass is 312 g/mol. The molecule has 6 nitrogen and oxygen atoms in total. The maximum Gasteiger partial charge on any atom is 0.271 e. The van der Waals surface area contributed by atoms with E-state index in [2.05, 4.69) is 26.7 Å². The zero-order valence-corrected chi connectivity index (χ0v) is 13.1. The smallest absolute Gasteiger partial charge is 0.271 e. The first-order valence-corrected chi connectivity index (χ1v) is 7.74. The number of aromatic nitrogens is 2. The molecule has 1 fully saturated rings. The normalized spacial score (nSPS) is 13.4. The second kappa shape index (κ2) is 7.09. The van der Waals surface area contributed by atoms with Crippen LogP contribution in [-0.2, 0) is 6.42 Å². The number of amides is 1. The van der Waals surface area contributed by atoms with E-state index in [1.807, 2.05) is 18.2 Å². The van der Waals surface area contributed by atoms with Crippen LogP contribution in [0.15, 0.2) is 36.7 Å². The molecule has 120 valence electrons. The SMILES string of the molecule is COc1cccc(CCNc2cnc(C(=O)NC3CC3)cn2)c1.